The average molecular weight is 456 g/mol. The maximum absolute atomic E-state index is 13.0. The van der Waals surface area contributed by atoms with Gasteiger partial charge in [-0.3, -0.25) is 9.59 Å². The molecule has 2 aromatic carbocycles. The van der Waals surface area contributed by atoms with E-state index in [2.05, 4.69) is 29.0 Å². The zero-order chi connectivity index (χ0) is 23.1. The Labute approximate surface area is 195 Å². The fourth-order valence-electron chi connectivity index (χ4n) is 4.46. The molecule has 0 radical (unpaired) electrons. The molecule has 3 heterocycles. The Hall–Kier alpha value is -3.70. The number of ketones is 1. The van der Waals surface area contributed by atoms with E-state index in [1.54, 1.807) is 18.3 Å². The first-order valence-electron chi connectivity index (χ1n) is 10.9. The van der Waals surface area contributed by atoms with Crippen molar-refractivity contribution in [3.8, 4) is 11.1 Å². The number of carbonyl (C=O) groups is 1. The lowest BCUT2D eigenvalue weighted by molar-refractivity contribution is 0.101. The summed E-state index contributed by atoms with van der Waals surface area (Å²) in [5.41, 5.74) is 5.02. The number of Topliss-reactive ketones (excluding diaryl/α,β-unsaturated/α-hetero) is 1. The predicted molar refractivity (Wildman–Crippen MR) is 133 cm³/mol. The van der Waals surface area contributed by atoms with Gasteiger partial charge < -0.3 is 9.55 Å². The van der Waals surface area contributed by atoms with Crippen LogP contribution in [0.25, 0.3) is 32.9 Å². The molecule has 0 saturated heterocycles. The van der Waals surface area contributed by atoms with Gasteiger partial charge in [-0.05, 0) is 48.4 Å². The number of aryl methyl sites for hydroxylation is 1. The van der Waals surface area contributed by atoms with Crippen LogP contribution in [0.2, 0.25) is 5.15 Å². The molecule has 0 saturated carbocycles. The van der Waals surface area contributed by atoms with Crippen molar-refractivity contribution < 1.29 is 4.79 Å². The molecular formula is C27H22ClN3O2. The van der Waals surface area contributed by atoms with Gasteiger partial charge in [-0.1, -0.05) is 42.8 Å². The van der Waals surface area contributed by atoms with Crippen molar-refractivity contribution >= 4 is 39.2 Å². The maximum atomic E-state index is 13.0. The van der Waals surface area contributed by atoms with Gasteiger partial charge in [0.25, 0.3) is 5.56 Å². The zero-order valence-corrected chi connectivity index (χ0v) is 19.1. The van der Waals surface area contributed by atoms with Crippen LogP contribution in [0.4, 0.5) is 0 Å². The summed E-state index contributed by atoms with van der Waals surface area (Å²) in [6.45, 7) is 3.98. The third kappa shape index (κ3) is 3.64. The fourth-order valence-corrected chi connectivity index (χ4v) is 4.67. The summed E-state index contributed by atoms with van der Waals surface area (Å²) < 4.78 is 1.95. The van der Waals surface area contributed by atoms with E-state index in [0.717, 1.165) is 39.4 Å². The average Bonchev–Trinajstić information content (AvgIpc) is 3.13. The number of hydrogen-bond acceptors (Lipinski definition) is 3. The second-order valence-corrected chi connectivity index (χ2v) is 8.47. The number of H-pyrrole nitrogens is 1. The van der Waals surface area contributed by atoms with Gasteiger partial charge in [0, 0.05) is 46.1 Å². The number of nitrogens with one attached hydrogen (secondary N) is 1. The van der Waals surface area contributed by atoms with Crippen molar-refractivity contribution in [2.24, 2.45) is 0 Å². The minimum Gasteiger partial charge on any atom is -0.333 e. The van der Waals surface area contributed by atoms with Gasteiger partial charge in [0.15, 0.2) is 5.78 Å². The second-order valence-electron chi connectivity index (χ2n) is 8.11. The minimum atomic E-state index is -0.230. The highest BCUT2D eigenvalue weighted by Gasteiger charge is 2.24. The van der Waals surface area contributed by atoms with Crippen LogP contribution in [0.15, 0.2) is 71.7 Å². The quantitative estimate of drug-likeness (QED) is 0.260. The molecule has 164 valence electrons. The van der Waals surface area contributed by atoms with Crippen molar-refractivity contribution in [1.29, 1.82) is 0 Å². The number of pyridine rings is 2. The molecule has 6 heteroatoms. The van der Waals surface area contributed by atoms with Crippen LogP contribution in [-0.4, -0.2) is 20.3 Å². The van der Waals surface area contributed by atoms with Gasteiger partial charge in [-0.2, -0.15) is 0 Å². The number of carbonyl (C=O) groups excluding carboxylic acids is 1. The molecule has 5 nitrogen and oxygen atoms in total. The molecule has 5 rings (SSSR count). The number of fused-ring (bicyclic) bond motifs is 2. The van der Waals surface area contributed by atoms with Crippen molar-refractivity contribution in [3.05, 3.63) is 99.2 Å². The molecule has 0 atom stereocenters. The van der Waals surface area contributed by atoms with Crippen LogP contribution in [0.5, 0.6) is 0 Å². The lowest BCUT2D eigenvalue weighted by atomic mass is 10.00. The molecule has 1 N–H and O–H groups in total. The lowest BCUT2D eigenvalue weighted by Crippen LogP contribution is -2.12. The Morgan fingerprint density at radius 3 is 2.67 bits per heavy atom. The van der Waals surface area contributed by atoms with Crippen LogP contribution in [-0.2, 0) is 13.0 Å². The molecule has 0 aliphatic rings. The number of halogens is 1. The first-order valence-corrected chi connectivity index (χ1v) is 11.2. The molecule has 0 unspecified atom stereocenters. The highest BCUT2D eigenvalue weighted by atomic mass is 35.5. The highest BCUT2D eigenvalue weighted by molar-refractivity contribution is 6.30. The van der Waals surface area contributed by atoms with Crippen molar-refractivity contribution in [3.63, 3.8) is 0 Å². The molecule has 0 bridgehead atoms. The highest BCUT2D eigenvalue weighted by Crippen LogP contribution is 2.36. The monoisotopic (exact) mass is 455 g/mol. The number of aromatic nitrogens is 3. The summed E-state index contributed by atoms with van der Waals surface area (Å²) in [5.74, 6) is -0.118. The molecule has 0 fully saturated rings. The largest absolute Gasteiger partial charge is 0.333 e. The topological polar surface area (TPSA) is 67.8 Å². The van der Waals surface area contributed by atoms with Gasteiger partial charge in [0.2, 0.25) is 0 Å². The van der Waals surface area contributed by atoms with E-state index < -0.39 is 0 Å². The van der Waals surface area contributed by atoms with Crippen LogP contribution in [0, 0.1) is 0 Å². The summed E-state index contributed by atoms with van der Waals surface area (Å²) in [6, 6.07) is 19.5. The molecule has 0 aliphatic heterocycles. The van der Waals surface area contributed by atoms with E-state index >= 15 is 0 Å². The zero-order valence-electron chi connectivity index (χ0n) is 18.4. The number of para-hydroxylation sites is 1. The Morgan fingerprint density at radius 1 is 1.09 bits per heavy atom. The molecule has 5 aromatic rings. The maximum Gasteiger partial charge on any atom is 0.255 e. The smallest absolute Gasteiger partial charge is 0.255 e. The second kappa shape index (κ2) is 8.34. The van der Waals surface area contributed by atoms with E-state index in [4.69, 9.17) is 11.6 Å². The van der Waals surface area contributed by atoms with Crippen LogP contribution in [0.1, 0.15) is 35.5 Å². The van der Waals surface area contributed by atoms with Gasteiger partial charge in [-0.25, -0.2) is 4.98 Å². The molecule has 33 heavy (non-hydrogen) atoms. The van der Waals surface area contributed by atoms with E-state index in [-0.39, 0.29) is 11.3 Å². The predicted octanol–water partition coefficient (Wildman–Crippen LogP) is 6.01. The third-order valence-corrected chi connectivity index (χ3v) is 6.36. The Kier molecular flexibility index (Phi) is 5.35. The first kappa shape index (κ1) is 21.2. The summed E-state index contributed by atoms with van der Waals surface area (Å²) in [6.07, 6.45) is 2.44. The molecule has 3 aromatic heterocycles. The van der Waals surface area contributed by atoms with Gasteiger partial charge >= 0.3 is 0 Å². The summed E-state index contributed by atoms with van der Waals surface area (Å²) in [7, 11) is 0. The van der Waals surface area contributed by atoms with Crippen LogP contribution in [0.3, 0.4) is 0 Å². The summed E-state index contributed by atoms with van der Waals surface area (Å²) in [4.78, 5) is 33.0. The van der Waals surface area contributed by atoms with Gasteiger partial charge in [-0.15, -0.1) is 0 Å². The van der Waals surface area contributed by atoms with Crippen LogP contribution >= 0.6 is 11.6 Å². The number of hydrogen-bond donors (Lipinski definition) is 1. The number of aromatic amines is 1. The number of rotatable bonds is 5. The van der Waals surface area contributed by atoms with Crippen LogP contribution < -0.4 is 5.56 Å². The number of nitrogens with zero attached hydrogens (tertiary/aromatic N) is 2. The Morgan fingerprint density at radius 2 is 1.91 bits per heavy atom. The molecule has 0 aliphatic carbocycles. The Balaban J connectivity index is 1.82. The third-order valence-electron chi connectivity index (χ3n) is 6.04. The van der Waals surface area contributed by atoms with E-state index in [9.17, 15) is 9.59 Å². The molecule has 0 spiro atoms. The summed E-state index contributed by atoms with van der Waals surface area (Å²) >= 11 is 6.57. The normalized spacial score (nSPS) is 11.4. The van der Waals surface area contributed by atoms with Gasteiger partial charge in [0.05, 0.1) is 17.8 Å². The Bertz CT molecular complexity index is 1600. The van der Waals surface area contributed by atoms with Crippen molar-refractivity contribution in [2.45, 2.75) is 26.8 Å². The molecule has 0 amide bonds. The SMILES string of the molecule is CCc1ccc2c(c1)c(-c1ccc[nH]c1=O)c(C(C)=O)n2Cc1cc2ccccc2nc1Cl. The first-order chi connectivity index (χ1) is 16.0. The number of benzene rings is 2. The van der Waals surface area contributed by atoms with E-state index in [1.807, 2.05) is 41.0 Å². The summed E-state index contributed by atoms with van der Waals surface area (Å²) in [5, 5.41) is 2.25. The fraction of sp³-hybridized carbons (Fsp3) is 0.148. The van der Waals surface area contributed by atoms with Gasteiger partial charge in [0.1, 0.15) is 5.15 Å². The van der Waals surface area contributed by atoms with E-state index in [1.165, 1.54) is 6.92 Å². The van der Waals surface area contributed by atoms with Crippen molar-refractivity contribution in [2.75, 3.05) is 0 Å². The lowest BCUT2D eigenvalue weighted by Gasteiger charge is -2.12. The van der Waals surface area contributed by atoms with Crippen molar-refractivity contribution in [1.82, 2.24) is 14.5 Å². The van der Waals surface area contributed by atoms with E-state index in [0.29, 0.717) is 28.5 Å². The molecular weight excluding hydrogens is 434 g/mol. The standard InChI is InChI=1S/C27H22ClN3O2/c1-3-17-10-11-23-21(13-17)24(20-8-6-12-29-27(20)33)25(16(2)32)31(23)15-19-14-18-7-4-5-9-22(18)30-26(19)28/h4-14H,3,15H2,1-2H3,(H,29,33). The minimum absolute atomic E-state index is 0.118.